The van der Waals surface area contributed by atoms with E-state index >= 15 is 0 Å². The van der Waals surface area contributed by atoms with Gasteiger partial charge in [-0.15, -0.1) is 11.3 Å². The van der Waals surface area contributed by atoms with Crippen LogP contribution in [0.25, 0.3) is 0 Å². The number of halogens is 2. The van der Waals surface area contributed by atoms with E-state index in [9.17, 15) is 8.42 Å². The van der Waals surface area contributed by atoms with Crippen LogP contribution in [-0.2, 0) is 10.0 Å². The Hall–Kier alpha value is -0.790. The Morgan fingerprint density at radius 1 is 1.24 bits per heavy atom. The molecule has 21 heavy (non-hydrogen) atoms. The van der Waals surface area contributed by atoms with Gasteiger partial charge < -0.3 is 5.32 Å². The van der Waals surface area contributed by atoms with Crippen LogP contribution >= 0.6 is 34.5 Å². The Morgan fingerprint density at radius 2 is 2.00 bits per heavy atom. The number of benzene rings is 1. The summed E-state index contributed by atoms with van der Waals surface area (Å²) in [4.78, 5) is 0.00915. The SMILES string of the molecule is O=S(=O)(Nc1cccc(C2CNC2)c1)c1cc(Cl)sc1Cl. The lowest BCUT2D eigenvalue weighted by Gasteiger charge is -2.27. The Balaban J connectivity index is 1.87. The van der Waals surface area contributed by atoms with Crippen LogP contribution in [-0.4, -0.2) is 21.5 Å². The zero-order valence-electron chi connectivity index (χ0n) is 10.8. The molecule has 0 amide bonds. The second-order valence-corrected chi connectivity index (χ2v) is 8.71. The molecule has 2 N–H and O–H groups in total. The number of rotatable bonds is 4. The zero-order valence-corrected chi connectivity index (χ0v) is 13.9. The fourth-order valence-corrected chi connectivity index (χ4v) is 5.30. The van der Waals surface area contributed by atoms with Crippen LogP contribution in [0.3, 0.4) is 0 Å². The lowest BCUT2D eigenvalue weighted by molar-refractivity contribution is 0.448. The highest BCUT2D eigenvalue weighted by molar-refractivity contribution is 7.93. The van der Waals surface area contributed by atoms with Crippen LogP contribution < -0.4 is 10.0 Å². The van der Waals surface area contributed by atoms with E-state index in [2.05, 4.69) is 10.0 Å². The maximum Gasteiger partial charge on any atom is 0.264 e. The highest BCUT2D eigenvalue weighted by Gasteiger charge is 2.22. The highest BCUT2D eigenvalue weighted by atomic mass is 35.5. The van der Waals surface area contributed by atoms with E-state index in [4.69, 9.17) is 23.2 Å². The molecule has 0 spiro atoms. The first-order valence-corrected chi connectivity index (χ1v) is 9.29. The standard InChI is InChI=1S/C13H12Cl2N2O2S2/c14-12-5-11(13(15)20-12)21(18,19)17-10-3-1-2-8(4-10)9-6-16-7-9/h1-5,9,16-17H,6-7H2. The van der Waals surface area contributed by atoms with Gasteiger partial charge in [-0.3, -0.25) is 4.72 Å². The second kappa shape index (κ2) is 5.78. The van der Waals surface area contributed by atoms with Crippen LogP contribution in [0.4, 0.5) is 5.69 Å². The van der Waals surface area contributed by atoms with E-state index in [0.717, 1.165) is 30.0 Å². The predicted octanol–water partition coefficient (Wildman–Crippen LogP) is 3.54. The molecule has 1 aromatic heterocycles. The summed E-state index contributed by atoms with van der Waals surface area (Å²) in [6.07, 6.45) is 0. The molecule has 1 aliphatic heterocycles. The smallest absolute Gasteiger partial charge is 0.264 e. The molecule has 1 saturated heterocycles. The highest BCUT2D eigenvalue weighted by Crippen LogP contribution is 2.35. The molecule has 0 atom stereocenters. The molecule has 112 valence electrons. The molecule has 0 bridgehead atoms. The number of anilines is 1. The number of nitrogens with one attached hydrogen (secondary N) is 2. The molecular formula is C13H12Cl2N2O2S2. The summed E-state index contributed by atoms with van der Waals surface area (Å²) in [5.41, 5.74) is 1.64. The summed E-state index contributed by atoms with van der Waals surface area (Å²) in [6.45, 7) is 1.84. The third-order valence-corrected chi connectivity index (χ3v) is 6.44. The number of hydrogen-bond donors (Lipinski definition) is 2. The van der Waals surface area contributed by atoms with Gasteiger partial charge in [-0.25, -0.2) is 8.42 Å². The Labute approximate surface area is 137 Å². The first-order chi connectivity index (χ1) is 9.95. The minimum atomic E-state index is -3.73. The first-order valence-electron chi connectivity index (χ1n) is 6.24. The monoisotopic (exact) mass is 362 g/mol. The van der Waals surface area contributed by atoms with Crippen molar-refractivity contribution in [2.75, 3.05) is 17.8 Å². The van der Waals surface area contributed by atoms with Crippen molar-refractivity contribution in [2.24, 2.45) is 0 Å². The van der Waals surface area contributed by atoms with Crippen molar-refractivity contribution >= 4 is 50.2 Å². The van der Waals surface area contributed by atoms with Gasteiger partial charge in [0.15, 0.2) is 0 Å². The molecule has 2 aromatic rings. The van der Waals surface area contributed by atoms with Crippen molar-refractivity contribution in [3.05, 3.63) is 44.6 Å². The van der Waals surface area contributed by atoms with Crippen LogP contribution in [0.15, 0.2) is 35.2 Å². The van der Waals surface area contributed by atoms with E-state index in [0.29, 0.717) is 15.9 Å². The van der Waals surface area contributed by atoms with Crippen molar-refractivity contribution in [1.82, 2.24) is 5.32 Å². The average molecular weight is 363 g/mol. The third-order valence-electron chi connectivity index (χ3n) is 3.31. The molecule has 0 aliphatic carbocycles. The maximum atomic E-state index is 12.3. The molecule has 2 heterocycles. The third kappa shape index (κ3) is 3.19. The first kappa shape index (κ1) is 15.1. The molecule has 4 nitrogen and oxygen atoms in total. The molecule has 1 aromatic carbocycles. The van der Waals surface area contributed by atoms with Gasteiger partial charge in [0.2, 0.25) is 0 Å². The predicted molar refractivity (Wildman–Crippen MR) is 87.2 cm³/mol. The lowest BCUT2D eigenvalue weighted by atomic mass is 9.94. The minimum Gasteiger partial charge on any atom is -0.315 e. The molecule has 1 fully saturated rings. The molecule has 0 unspecified atom stereocenters. The molecule has 0 saturated carbocycles. The summed E-state index contributed by atoms with van der Waals surface area (Å²) in [5.74, 6) is 0.439. The van der Waals surface area contributed by atoms with Crippen molar-refractivity contribution < 1.29 is 8.42 Å². The Kier molecular flexibility index (Phi) is 4.16. The summed E-state index contributed by atoms with van der Waals surface area (Å²) < 4.78 is 27.7. The average Bonchev–Trinajstić information content (AvgIpc) is 2.67. The number of thiophene rings is 1. The van der Waals surface area contributed by atoms with Gasteiger partial charge in [0.1, 0.15) is 9.23 Å². The van der Waals surface area contributed by atoms with Crippen molar-refractivity contribution in [2.45, 2.75) is 10.8 Å². The van der Waals surface area contributed by atoms with E-state index in [1.807, 2.05) is 18.2 Å². The van der Waals surface area contributed by atoms with Gasteiger partial charge in [-0.1, -0.05) is 35.3 Å². The van der Waals surface area contributed by atoms with Crippen molar-refractivity contribution in [1.29, 1.82) is 0 Å². The molecular weight excluding hydrogens is 351 g/mol. The normalized spacial score (nSPS) is 15.7. The maximum absolute atomic E-state index is 12.3. The summed E-state index contributed by atoms with van der Waals surface area (Å²) in [5, 5.41) is 3.19. The zero-order chi connectivity index (χ0) is 15.0. The largest absolute Gasteiger partial charge is 0.315 e. The van der Waals surface area contributed by atoms with E-state index in [1.165, 1.54) is 6.07 Å². The Bertz CT molecular complexity index is 770. The molecule has 3 rings (SSSR count). The number of sulfonamides is 1. The van der Waals surface area contributed by atoms with E-state index < -0.39 is 10.0 Å². The van der Waals surface area contributed by atoms with Gasteiger partial charge in [0, 0.05) is 24.7 Å². The topological polar surface area (TPSA) is 58.2 Å². The molecule has 0 radical (unpaired) electrons. The van der Waals surface area contributed by atoms with Crippen LogP contribution in [0.1, 0.15) is 11.5 Å². The van der Waals surface area contributed by atoms with Crippen molar-refractivity contribution in [3.8, 4) is 0 Å². The van der Waals surface area contributed by atoms with Gasteiger partial charge in [-0.05, 0) is 23.8 Å². The summed E-state index contributed by atoms with van der Waals surface area (Å²) >= 11 is 12.7. The molecule has 1 aliphatic rings. The van der Waals surface area contributed by atoms with Gasteiger partial charge >= 0.3 is 0 Å². The van der Waals surface area contributed by atoms with E-state index in [1.54, 1.807) is 6.07 Å². The summed E-state index contributed by atoms with van der Waals surface area (Å²) in [6, 6.07) is 8.77. The fourth-order valence-electron chi connectivity index (χ4n) is 2.10. The van der Waals surface area contributed by atoms with E-state index in [-0.39, 0.29) is 9.23 Å². The Morgan fingerprint density at radius 3 is 2.57 bits per heavy atom. The van der Waals surface area contributed by atoms with Crippen LogP contribution in [0.5, 0.6) is 0 Å². The van der Waals surface area contributed by atoms with Crippen LogP contribution in [0, 0.1) is 0 Å². The van der Waals surface area contributed by atoms with Crippen LogP contribution in [0.2, 0.25) is 8.67 Å². The van der Waals surface area contributed by atoms with Gasteiger partial charge in [0.05, 0.1) is 4.34 Å². The van der Waals surface area contributed by atoms with Gasteiger partial charge in [0.25, 0.3) is 10.0 Å². The second-order valence-electron chi connectivity index (χ2n) is 4.77. The quantitative estimate of drug-likeness (QED) is 0.874. The summed E-state index contributed by atoms with van der Waals surface area (Å²) in [7, 11) is -3.73. The minimum absolute atomic E-state index is 0.00915. The van der Waals surface area contributed by atoms with Crippen molar-refractivity contribution in [3.63, 3.8) is 0 Å². The lowest BCUT2D eigenvalue weighted by Crippen LogP contribution is -2.39. The fraction of sp³-hybridized carbons (Fsp3) is 0.231. The molecule has 8 heteroatoms. The van der Waals surface area contributed by atoms with Gasteiger partial charge in [-0.2, -0.15) is 0 Å². The number of hydrogen-bond acceptors (Lipinski definition) is 4.